The summed E-state index contributed by atoms with van der Waals surface area (Å²) in [4.78, 5) is 17.2. The Balaban J connectivity index is 1.48. The topological polar surface area (TPSA) is 83.0 Å². The number of hydrogen-bond donors (Lipinski definition) is 1. The Morgan fingerprint density at radius 1 is 1.14 bits per heavy atom. The molecule has 0 bridgehead atoms. The van der Waals surface area contributed by atoms with Gasteiger partial charge in [-0.15, -0.1) is 0 Å². The third kappa shape index (κ3) is 4.26. The lowest BCUT2D eigenvalue weighted by atomic mass is 10.1. The number of carbonyl (C=O) groups is 1. The second kappa shape index (κ2) is 9.43. The van der Waals surface area contributed by atoms with E-state index in [-0.39, 0.29) is 17.3 Å². The number of thioether (sulfide) groups is 1. The van der Waals surface area contributed by atoms with Crippen molar-refractivity contribution >= 4 is 50.7 Å². The molecule has 7 nitrogen and oxygen atoms in total. The van der Waals surface area contributed by atoms with Gasteiger partial charge in [0.1, 0.15) is 17.4 Å². The Bertz CT molecular complexity index is 1500. The molecule has 2 aromatic carbocycles. The fraction of sp³-hybridized carbons (Fsp3) is 0.286. The average molecular weight is 500 g/mol. The van der Waals surface area contributed by atoms with E-state index >= 15 is 0 Å². The van der Waals surface area contributed by atoms with Gasteiger partial charge < -0.3 is 9.30 Å². The van der Waals surface area contributed by atoms with Crippen molar-refractivity contribution in [3.05, 3.63) is 70.4 Å². The first kappa shape index (κ1) is 24.1. The lowest BCUT2D eigenvalue weighted by molar-refractivity contribution is -0.114. The summed E-state index contributed by atoms with van der Waals surface area (Å²) in [5.41, 5.74) is 5.49. The number of rotatable bonds is 6. The monoisotopic (exact) mass is 499 g/mol. The van der Waals surface area contributed by atoms with Crippen molar-refractivity contribution in [1.29, 1.82) is 5.41 Å². The van der Waals surface area contributed by atoms with Crippen LogP contribution < -0.4 is 4.74 Å². The number of hydrogen-bond acceptors (Lipinski definition) is 5. The van der Waals surface area contributed by atoms with E-state index in [1.165, 1.54) is 22.3 Å². The first-order valence-corrected chi connectivity index (χ1v) is 12.8. The molecule has 0 unspecified atom stereocenters. The Hall–Kier alpha value is -3.65. The van der Waals surface area contributed by atoms with Crippen LogP contribution in [0.3, 0.4) is 0 Å². The molecule has 0 fully saturated rings. The van der Waals surface area contributed by atoms with Gasteiger partial charge >= 0.3 is 0 Å². The van der Waals surface area contributed by atoms with Gasteiger partial charge in [0.05, 0.1) is 12.1 Å². The molecule has 0 aliphatic carbocycles. The number of carbonyl (C=O) groups excluding carboxylic acids is 1. The number of aryl methyl sites for hydroxylation is 2. The highest BCUT2D eigenvalue weighted by Gasteiger charge is 2.36. The van der Waals surface area contributed by atoms with Gasteiger partial charge in [-0.3, -0.25) is 10.2 Å². The standard InChI is InChI=1S/C28H29N5O2S/c1-16(2)27-31-33-25(29)22(26(34)30-28(33)36-27)15-21-19(5)32(23-9-7-6-8-20(21)23)12-13-35-24-14-17(3)10-11-18(24)4/h6-11,14-16,29H,12-13H2,1-5H3. The normalized spacial score (nSPS) is 16.7. The fourth-order valence-electron chi connectivity index (χ4n) is 4.42. The van der Waals surface area contributed by atoms with E-state index in [1.807, 2.05) is 45.9 Å². The molecule has 2 aliphatic heterocycles. The summed E-state index contributed by atoms with van der Waals surface area (Å²) in [5.74, 6) is 0.743. The highest BCUT2D eigenvalue weighted by atomic mass is 32.2. The first-order valence-electron chi connectivity index (χ1n) is 12.0. The number of benzene rings is 2. The van der Waals surface area contributed by atoms with Gasteiger partial charge in [-0.2, -0.15) is 15.1 Å². The van der Waals surface area contributed by atoms with Crippen LogP contribution in [-0.4, -0.2) is 38.1 Å². The van der Waals surface area contributed by atoms with Crippen LogP contribution in [0.2, 0.25) is 0 Å². The minimum atomic E-state index is -0.409. The van der Waals surface area contributed by atoms with Crippen LogP contribution in [0.4, 0.5) is 0 Å². The highest BCUT2D eigenvalue weighted by molar-refractivity contribution is 8.27. The number of fused-ring (bicyclic) bond motifs is 2. The maximum Gasteiger partial charge on any atom is 0.283 e. The summed E-state index contributed by atoms with van der Waals surface area (Å²) < 4.78 is 8.34. The van der Waals surface area contributed by atoms with Crippen molar-refractivity contribution in [3.8, 4) is 5.75 Å². The van der Waals surface area contributed by atoms with E-state index in [0.29, 0.717) is 18.3 Å². The van der Waals surface area contributed by atoms with Gasteiger partial charge in [0.15, 0.2) is 5.84 Å². The quantitative estimate of drug-likeness (QED) is 0.427. The predicted molar refractivity (Wildman–Crippen MR) is 148 cm³/mol. The third-order valence-electron chi connectivity index (χ3n) is 6.45. The van der Waals surface area contributed by atoms with E-state index in [9.17, 15) is 4.79 Å². The second-order valence-corrected chi connectivity index (χ2v) is 10.4. The van der Waals surface area contributed by atoms with Crippen LogP contribution in [0.15, 0.2) is 58.1 Å². The number of amides is 1. The van der Waals surface area contributed by atoms with E-state index < -0.39 is 5.91 Å². The molecule has 0 spiro atoms. The second-order valence-electron chi connectivity index (χ2n) is 9.40. The molecule has 1 N–H and O–H groups in total. The molecular formula is C28H29N5O2S. The summed E-state index contributed by atoms with van der Waals surface area (Å²) in [6, 6.07) is 14.3. The van der Waals surface area contributed by atoms with Crippen molar-refractivity contribution < 1.29 is 9.53 Å². The molecule has 0 saturated carbocycles. The molecule has 5 rings (SSSR count). The molecule has 8 heteroatoms. The minimum absolute atomic E-state index is 0.0580. The van der Waals surface area contributed by atoms with Crippen LogP contribution in [0.5, 0.6) is 5.75 Å². The Morgan fingerprint density at radius 2 is 1.92 bits per heavy atom. The molecular weight excluding hydrogens is 470 g/mol. The van der Waals surface area contributed by atoms with Crippen LogP contribution >= 0.6 is 11.8 Å². The average Bonchev–Trinajstić information content (AvgIpc) is 3.39. The SMILES string of the molecule is Cc1ccc(C)c(OCCn2c(C)c(C=C3C(=N)N4N=C(C(C)C)SC4=NC3=O)c3ccccc32)c1. The Labute approximate surface area is 215 Å². The van der Waals surface area contributed by atoms with Gasteiger partial charge in [-0.05, 0) is 61.9 Å². The molecule has 2 aliphatic rings. The largest absolute Gasteiger partial charge is 0.491 e. The van der Waals surface area contributed by atoms with E-state index in [1.54, 1.807) is 6.08 Å². The lowest BCUT2D eigenvalue weighted by Crippen LogP contribution is -2.35. The number of nitrogens with zero attached hydrogens (tertiary/aromatic N) is 4. The first-order chi connectivity index (χ1) is 17.2. The number of amidine groups is 2. The van der Waals surface area contributed by atoms with Crippen molar-refractivity contribution in [2.75, 3.05) is 6.61 Å². The van der Waals surface area contributed by atoms with E-state index in [0.717, 1.165) is 38.5 Å². The third-order valence-corrected chi connectivity index (χ3v) is 7.66. The molecule has 3 heterocycles. The van der Waals surface area contributed by atoms with Gasteiger partial charge in [0, 0.05) is 28.1 Å². The van der Waals surface area contributed by atoms with Gasteiger partial charge in [-0.1, -0.05) is 44.2 Å². The fourth-order valence-corrected chi connectivity index (χ4v) is 5.31. The van der Waals surface area contributed by atoms with Gasteiger partial charge in [0.2, 0.25) is 5.17 Å². The van der Waals surface area contributed by atoms with E-state index in [2.05, 4.69) is 45.9 Å². The molecule has 0 atom stereocenters. The smallest absolute Gasteiger partial charge is 0.283 e. The molecule has 1 amide bonds. The van der Waals surface area contributed by atoms with Crippen molar-refractivity contribution in [3.63, 3.8) is 0 Å². The van der Waals surface area contributed by atoms with Crippen LogP contribution in [-0.2, 0) is 11.3 Å². The van der Waals surface area contributed by atoms with Crippen LogP contribution in [0, 0.1) is 32.1 Å². The summed E-state index contributed by atoms with van der Waals surface area (Å²) in [7, 11) is 0. The van der Waals surface area contributed by atoms with Crippen molar-refractivity contribution in [1.82, 2.24) is 9.58 Å². The van der Waals surface area contributed by atoms with E-state index in [4.69, 9.17) is 10.1 Å². The summed E-state index contributed by atoms with van der Waals surface area (Å²) in [6.45, 7) is 11.4. The summed E-state index contributed by atoms with van der Waals surface area (Å²) in [5, 5.41) is 17.0. The molecule has 1 aromatic heterocycles. The molecule has 184 valence electrons. The van der Waals surface area contributed by atoms with Crippen molar-refractivity contribution in [2.45, 2.75) is 41.2 Å². The summed E-state index contributed by atoms with van der Waals surface area (Å²) in [6.07, 6.45) is 1.79. The number of para-hydroxylation sites is 1. The van der Waals surface area contributed by atoms with Crippen molar-refractivity contribution in [2.24, 2.45) is 16.0 Å². The Kier molecular flexibility index (Phi) is 6.30. The Morgan fingerprint density at radius 3 is 2.69 bits per heavy atom. The molecule has 36 heavy (non-hydrogen) atoms. The zero-order valence-electron chi connectivity index (χ0n) is 21.1. The zero-order valence-corrected chi connectivity index (χ0v) is 21.9. The number of aliphatic imine (C=N–C) groups is 1. The van der Waals surface area contributed by atoms with Gasteiger partial charge in [-0.25, -0.2) is 0 Å². The maximum absolute atomic E-state index is 13.0. The maximum atomic E-state index is 13.0. The number of aromatic nitrogens is 1. The van der Waals surface area contributed by atoms with Crippen LogP contribution in [0.1, 0.15) is 36.2 Å². The predicted octanol–water partition coefficient (Wildman–Crippen LogP) is 5.92. The minimum Gasteiger partial charge on any atom is -0.491 e. The zero-order chi connectivity index (χ0) is 25.6. The number of hydrazone groups is 1. The number of nitrogens with one attached hydrogen (secondary N) is 1. The molecule has 3 aromatic rings. The van der Waals surface area contributed by atoms with Crippen LogP contribution in [0.25, 0.3) is 17.0 Å². The highest BCUT2D eigenvalue weighted by Crippen LogP contribution is 2.33. The van der Waals surface area contributed by atoms with Gasteiger partial charge in [0.25, 0.3) is 5.91 Å². The molecule has 0 saturated heterocycles. The molecule has 0 radical (unpaired) electrons. The number of ether oxygens (including phenoxy) is 1. The summed E-state index contributed by atoms with van der Waals surface area (Å²) >= 11 is 1.36. The lowest BCUT2D eigenvalue weighted by Gasteiger charge is -2.20.